The van der Waals surface area contributed by atoms with Gasteiger partial charge in [0.2, 0.25) is 5.91 Å². The van der Waals surface area contributed by atoms with Crippen molar-refractivity contribution in [1.82, 2.24) is 14.7 Å². The molecular formula is C20H33N3O4. The average Bonchev–Trinajstić information content (AvgIpc) is 3.12. The summed E-state index contributed by atoms with van der Waals surface area (Å²) >= 11 is 0. The molecule has 0 aromatic heterocycles. The second-order valence-corrected chi connectivity index (χ2v) is 8.93. The first-order valence-electron chi connectivity index (χ1n) is 10.5. The highest BCUT2D eigenvalue weighted by molar-refractivity contribution is 5.82. The second-order valence-electron chi connectivity index (χ2n) is 8.93. The molecule has 152 valence electrons. The standard InChI is InChI=1S/C20H33N3O4/c1-5-27-20(25)23-14-6-13(7-15(23)11-26-10-14)22-8-16-17(9-22)18(16)19(24)21(4)12(2)3/h12-18H,5-11H2,1-4H3/t13?,14?,15?,16-,17+,18?. The molecule has 0 aromatic rings. The van der Waals surface area contributed by atoms with Crippen molar-refractivity contribution in [3.05, 3.63) is 0 Å². The summed E-state index contributed by atoms with van der Waals surface area (Å²) in [7, 11) is 1.92. The van der Waals surface area contributed by atoms with Crippen LogP contribution in [-0.4, -0.2) is 90.8 Å². The Kier molecular flexibility index (Phi) is 5.10. The van der Waals surface area contributed by atoms with E-state index in [0.717, 1.165) is 25.9 Å². The molecule has 2 amide bonds. The molecule has 3 aliphatic heterocycles. The zero-order chi connectivity index (χ0) is 19.3. The second kappa shape index (κ2) is 7.24. The van der Waals surface area contributed by atoms with Gasteiger partial charge in [-0.15, -0.1) is 0 Å². The van der Waals surface area contributed by atoms with E-state index in [1.807, 2.05) is 23.8 Å². The number of nitrogens with zero attached hydrogens (tertiary/aromatic N) is 3. The van der Waals surface area contributed by atoms with Crippen LogP contribution in [0.15, 0.2) is 0 Å². The normalized spacial score (nSPS) is 37.9. The number of carbonyl (C=O) groups is 2. The summed E-state index contributed by atoms with van der Waals surface area (Å²) in [6, 6.07) is 0.980. The van der Waals surface area contributed by atoms with E-state index in [1.54, 1.807) is 0 Å². The third kappa shape index (κ3) is 3.33. The van der Waals surface area contributed by atoms with Crippen molar-refractivity contribution >= 4 is 12.0 Å². The van der Waals surface area contributed by atoms with Gasteiger partial charge in [-0.1, -0.05) is 0 Å². The number of carbonyl (C=O) groups excluding carboxylic acids is 2. The van der Waals surface area contributed by atoms with Gasteiger partial charge in [-0.2, -0.15) is 0 Å². The molecule has 4 aliphatic rings. The molecule has 27 heavy (non-hydrogen) atoms. The van der Waals surface area contributed by atoms with Gasteiger partial charge < -0.3 is 14.4 Å². The third-order valence-corrected chi connectivity index (χ3v) is 7.12. The van der Waals surface area contributed by atoms with E-state index in [2.05, 4.69) is 18.7 Å². The van der Waals surface area contributed by atoms with Crippen molar-refractivity contribution in [3.63, 3.8) is 0 Å². The zero-order valence-electron chi connectivity index (χ0n) is 17.0. The summed E-state index contributed by atoms with van der Waals surface area (Å²) in [4.78, 5) is 31.3. The topological polar surface area (TPSA) is 62.3 Å². The van der Waals surface area contributed by atoms with Crippen LogP contribution in [0.5, 0.6) is 0 Å². The fraction of sp³-hybridized carbons (Fsp3) is 0.900. The first-order chi connectivity index (χ1) is 12.9. The van der Waals surface area contributed by atoms with Crippen molar-refractivity contribution < 1.29 is 19.1 Å². The molecule has 3 saturated heterocycles. The van der Waals surface area contributed by atoms with Crippen molar-refractivity contribution in [2.45, 2.75) is 57.8 Å². The Morgan fingerprint density at radius 1 is 1.11 bits per heavy atom. The molecule has 2 bridgehead atoms. The van der Waals surface area contributed by atoms with E-state index < -0.39 is 0 Å². The number of piperidine rings is 2. The largest absolute Gasteiger partial charge is 0.450 e. The summed E-state index contributed by atoms with van der Waals surface area (Å²) in [6.45, 7) is 9.66. The lowest BCUT2D eigenvalue weighted by Gasteiger charge is -2.49. The van der Waals surface area contributed by atoms with Crippen molar-refractivity contribution in [2.24, 2.45) is 17.8 Å². The minimum atomic E-state index is -0.194. The molecule has 3 unspecified atom stereocenters. The maximum atomic E-state index is 12.6. The van der Waals surface area contributed by atoms with E-state index in [1.165, 1.54) is 0 Å². The van der Waals surface area contributed by atoms with Crippen LogP contribution in [0.2, 0.25) is 0 Å². The van der Waals surface area contributed by atoms with Gasteiger partial charge in [0.15, 0.2) is 0 Å². The van der Waals surface area contributed by atoms with Gasteiger partial charge in [0.1, 0.15) is 0 Å². The Hall–Kier alpha value is -1.34. The molecule has 1 saturated carbocycles. The number of rotatable bonds is 4. The Balaban J connectivity index is 1.34. The van der Waals surface area contributed by atoms with Crippen molar-refractivity contribution in [3.8, 4) is 0 Å². The summed E-state index contributed by atoms with van der Waals surface area (Å²) in [5.41, 5.74) is 0. The van der Waals surface area contributed by atoms with Gasteiger partial charge in [0.25, 0.3) is 0 Å². The molecular weight excluding hydrogens is 346 g/mol. The van der Waals surface area contributed by atoms with Crippen LogP contribution in [0.1, 0.15) is 33.6 Å². The predicted molar refractivity (Wildman–Crippen MR) is 100 cm³/mol. The van der Waals surface area contributed by atoms with Crippen LogP contribution < -0.4 is 0 Å². The molecule has 0 spiro atoms. The Morgan fingerprint density at radius 2 is 1.70 bits per heavy atom. The number of morpholine rings is 1. The van der Waals surface area contributed by atoms with Crippen LogP contribution in [-0.2, 0) is 14.3 Å². The molecule has 7 heteroatoms. The number of likely N-dealkylation sites (tertiary alicyclic amines) is 1. The highest BCUT2D eigenvalue weighted by Gasteiger charge is 2.61. The van der Waals surface area contributed by atoms with Crippen LogP contribution in [0, 0.1) is 17.8 Å². The molecule has 3 heterocycles. The van der Waals surface area contributed by atoms with Gasteiger partial charge in [-0.25, -0.2) is 4.79 Å². The Morgan fingerprint density at radius 3 is 2.22 bits per heavy atom. The molecule has 7 nitrogen and oxygen atoms in total. The van der Waals surface area contributed by atoms with E-state index in [4.69, 9.17) is 9.47 Å². The molecule has 0 aromatic carbocycles. The lowest BCUT2D eigenvalue weighted by molar-refractivity contribution is -0.134. The lowest BCUT2D eigenvalue weighted by Crippen LogP contribution is -2.62. The van der Waals surface area contributed by atoms with Crippen LogP contribution >= 0.6 is 0 Å². The molecule has 4 fully saturated rings. The van der Waals surface area contributed by atoms with E-state index in [9.17, 15) is 9.59 Å². The molecule has 0 N–H and O–H groups in total. The monoisotopic (exact) mass is 379 g/mol. The Labute approximate surface area is 161 Å². The van der Waals surface area contributed by atoms with Crippen molar-refractivity contribution in [1.29, 1.82) is 0 Å². The number of ether oxygens (including phenoxy) is 2. The fourth-order valence-electron chi connectivity index (χ4n) is 5.39. The van der Waals surface area contributed by atoms with Gasteiger partial charge in [-0.05, 0) is 45.4 Å². The summed E-state index contributed by atoms with van der Waals surface area (Å²) in [6.07, 6.45) is 1.69. The minimum Gasteiger partial charge on any atom is -0.450 e. The number of fused-ring (bicyclic) bond motifs is 3. The minimum absolute atomic E-state index is 0.114. The molecule has 0 radical (unpaired) electrons. The van der Waals surface area contributed by atoms with Gasteiger partial charge in [0.05, 0.1) is 31.9 Å². The maximum Gasteiger partial charge on any atom is 0.410 e. The van der Waals surface area contributed by atoms with Gasteiger partial charge in [0, 0.05) is 38.1 Å². The number of amides is 2. The predicted octanol–water partition coefficient (Wildman–Crippen LogP) is 1.42. The fourth-order valence-corrected chi connectivity index (χ4v) is 5.39. The van der Waals surface area contributed by atoms with Crippen LogP contribution in [0.25, 0.3) is 0 Å². The molecule has 5 atom stereocenters. The van der Waals surface area contributed by atoms with E-state index >= 15 is 0 Å². The average molecular weight is 380 g/mol. The van der Waals surface area contributed by atoms with Gasteiger partial charge in [-0.3, -0.25) is 14.6 Å². The van der Waals surface area contributed by atoms with Crippen LogP contribution in [0.3, 0.4) is 0 Å². The third-order valence-electron chi connectivity index (χ3n) is 7.12. The SMILES string of the molecule is CCOC(=O)N1C2COCC1CC(N1C[C@@H]3C(C(=O)N(C)C(C)C)[C@@H]3C1)C2. The molecule has 1 aliphatic carbocycles. The van der Waals surface area contributed by atoms with E-state index in [0.29, 0.717) is 43.6 Å². The highest BCUT2D eigenvalue weighted by Crippen LogP contribution is 2.53. The zero-order valence-corrected chi connectivity index (χ0v) is 17.0. The first-order valence-corrected chi connectivity index (χ1v) is 10.5. The van der Waals surface area contributed by atoms with Crippen LogP contribution in [0.4, 0.5) is 4.79 Å². The lowest BCUT2D eigenvalue weighted by atomic mass is 9.89. The highest BCUT2D eigenvalue weighted by atomic mass is 16.6. The first kappa shape index (κ1) is 19.0. The summed E-state index contributed by atoms with van der Waals surface area (Å²) in [5.74, 6) is 1.61. The summed E-state index contributed by atoms with van der Waals surface area (Å²) in [5, 5.41) is 0. The Bertz CT molecular complexity index is 572. The smallest absolute Gasteiger partial charge is 0.410 e. The summed E-state index contributed by atoms with van der Waals surface area (Å²) < 4.78 is 11.0. The van der Waals surface area contributed by atoms with Gasteiger partial charge >= 0.3 is 6.09 Å². The van der Waals surface area contributed by atoms with Crippen molar-refractivity contribution in [2.75, 3.05) is 40.0 Å². The van der Waals surface area contributed by atoms with E-state index in [-0.39, 0.29) is 30.1 Å². The quantitative estimate of drug-likeness (QED) is 0.739. The number of hydrogen-bond donors (Lipinski definition) is 0. The molecule has 4 rings (SSSR count). The maximum absolute atomic E-state index is 12.6. The number of hydrogen-bond acceptors (Lipinski definition) is 5.